The van der Waals surface area contributed by atoms with Crippen LogP contribution in [0.15, 0.2) is 36.5 Å². The van der Waals surface area contributed by atoms with Gasteiger partial charge in [0.1, 0.15) is 5.75 Å². The summed E-state index contributed by atoms with van der Waals surface area (Å²) in [4.78, 5) is 4.19. The van der Waals surface area contributed by atoms with Crippen molar-refractivity contribution in [3.63, 3.8) is 0 Å². The van der Waals surface area contributed by atoms with E-state index in [4.69, 9.17) is 16.3 Å². The van der Waals surface area contributed by atoms with E-state index in [-0.39, 0.29) is 0 Å². The van der Waals surface area contributed by atoms with Gasteiger partial charge in [-0.3, -0.25) is 0 Å². The molecule has 2 rings (SSSR count). The molecule has 0 spiro atoms. The van der Waals surface area contributed by atoms with Crippen LogP contribution in [0.4, 0.5) is 0 Å². The number of alkyl halides is 1. The Hall–Kier alpha value is -1.54. The minimum Gasteiger partial charge on any atom is -0.439 e. The number of aryl methyl sites for hydroxylation is 1. The van der Waals surface area contributed by atoms with Crippen molar-refractivity contribution in [2.75, 3.05) is 0 Å². The molecule has 1 aromatic heterocycles. The lowest BCUT2D eigenvalue weighted by atomic mass is 9.98. The summed E-state index contributed by atoms with van der Waals surface area (Å²) in [5.41, 5.74) is 3.58. The SMILES string of the molecule is Cc1cc(Oc2cc(CCl)ccn2)ccc1C(C)C. The lowest BCUT2D eigenvalue weighted by Gasteiger charge is -2.12. The van der Waals surface area contributed by atoms with E-state index in [1.165, 1.54) is 11.1 Å². The molecule has 1 heterocycles. The zero-order valence-electron chi connectivity index (χ0n) is 11.5. The van der Waals surface area contributed by atoms with E-state index in [9.17, 15) is 0 Å². The fourth-order valence-corrected chi connectivity index (χ4v) is 2.24. The van der Waals surface area contributed by atoms with E-state index >= 15 is 0 Å². The maximum atomic E-state index is 5.80. The van der Waals surface area contributed by atoms with Crippen molar-refractivity contribution < 1.29 is 4.74 Å². The van der Waals surface area contributed by atoms with Crippen molar-refractivity contribution in [1.29, 1.82) is 0 Å². The molecule has 0 saturated heterocycles. The zero-order chi connectivity index (χ0) is 13.8. The van der Waals surface area contributed by atoms with Crippen LogP contribution in [0.1, 0.15) is 36.5 Å². The number of nitrogens with zero attached hydrogens (tertiary/aromatic N) is 1. The first-order valence-electron chi connectivity index (χ1n) is 6.39. The highest BCUT2D eigenvalue weighted by molar-refractivity contribution is 6.17. The number of hydrogen-bond acceptors (Lipinski definition) is 2. The molecular weight excluding hydrogens is 258 g/mol. The van der Waals surface area contributed by atoms with Gasteiger partial charge in [0, 0.05) is 18.1 Å². The van der Waals surface area contributed by atoms with Gasteiger partial charge in [0.05, 0.1) is 0 Å². The second-order valence-corrected chi connectivity index (χ2v) is 5.18. The third-order valence-electron chi connectivity index (χ3n) is 3.04. The van der Waals surface area contributed by atoms with E-state index in [1.807, 2.05) is 24.3 Å². The zero-order valence-corrected chi connectivity index (χ0v) is 12.2. The largest absolute Gasteiger partial charge is 0.439 e. The highest BCUT2D eigenvalue weighted by Crippen LogP contribution is 2.26. The van der Waals surface area contributed by atoms with Crippen LogP contribution in [0.3, 0.4) is 0 Å². The second-order valence-electron chi connectivity index (χ2n) is 4.91. The summed E-state index contributed by atoms with van der Waals surface area (Å²) in [6.45, 7) is 6.48. The molecule has 0 fully saturated rings. The van der Waals surface area contributed by atoms with Crippen LogP contribution < -0.4 is 4.74 Å². The molecule has 0 amide bonds. The number of ether oxygens (including phenoxy) is 1. The van der Waals surface area contributed by atoms with Gasteiger partial charge in [-0.15, -0.1) is 11.6 Å². The molecule has 0 aliphatic rings. The maximum Gasteiger partial charge on any atom is 0.219 e. The van der Waals surface area contributed by atoms with Gasteiger partial charge in [0.15, 0.2) is 0 Å². The van der Waals surface area contributed by atoms with Gasteiger partial charge in [-0.1, -0.05) is 19.9 Å². The molecule has 2 nitrogen and oxygen atoms in total. The predicted molar refractivity (Wildman–Crippen MR) is 79.1 cm³/mol. The third-order valence-corrected chi connectivity index (χ3v) is 3.35. The summed E-state index contributed by atoms with van der Waals surface area (Å²) in [5, 5.41) is 0. The summed E-state index contributed by atoms with van der Waals surface area (Å²) >= 11 is 5.80. The molecule has 0 aliphatic heterocycles. The lowest BCUT2D eigenvalue weighted by Crippen LogP contribution is -1.94. The number of halogens is 1. The van der Waals surface area contributed by atoms with Crippen molar-refractivity contribution in [1.82, 2.24) is 4.98 Å². The third kappa shape index (κ3) is 3.48. The van der Waals surface area contributed by atoms with Crippen LogP contribution >= 0.6 is 11.6 Å². The minimum absolute atomic E-state index is 0.462. The Balaban J connectivity index is 2.21. The van der Waals surface area contributed by atoms with E-state index in [2.05, 4.69) is 31.8 Å². The Bertz CT molecular complexity index is 566. The smallest absolute Gasteiger partial charge is 0.219 e. The van der Waals surface area contributed by atoms with Crippen molar-refractivity contribution in [2.45, 2.75) is 32.6 Å². The van der Waals surface area contributed by atoms with Crippen molar-refractivity contribution >= 4 is 11.6 Å². The first-order chi connectivity index (χ1) is 9.10. The van der Waals surface area contributed by atoms with E-state index in [0.717, 1.165) is 11.3 Å². The monoisotopic (exact) mass is 275 g/mol. The number of pyridine rings is 1. The van der Waals surface area contributed by atoms with Crippen LogP contribution in [0, 0.1) is 6.92 Å². The fourth-order valence-electron chi connectivity index (χ4n) is 2.07. The molecule has 1 aromatic carbocycles. The molecule has 0 aliphatic carbocycles. The Morgan fingerprint density at radius 2 is 2.00 bits per heavy atom. The standard InChI is InChI=1S/C16H18ClNO/c1-11(2)15-5-4-14(8-12(15)3)19-16-9-13(10-17)6-7-18-16/h4-9,11H,10H2,1-3H3. The summed E-state index contributed by atoms with van der Waals surface area (Å²) in [5.74, 6) is 2.37. The van der Waals surface area contributed by atoms with E-state index < -0.39 is 0 Å². The molecule has 3 heteroatoms. The normalized spacial score (nSPS) is 10.8. The van der Waals surface area contributed by atoms with E-state index in [0.29, 0.717) is 17.7 Å². The predicted octanol–water partition coefficient (Wildman–Crippen LogP) is 5.04. The van der Waals surface area contributed by atoms with Gasteiger partial charge in [-0.2, -0.15) is 0 Å². The first kappa shape index (κ1) is 13.9. The van der Waals surface area contributed by atoms with Crippen molar-refractivity contribution in [3.8, 4) is 11.6 Å². The maximum absolute atomic E-state index is 5.80. The molecule has 0 N–H and O–H groups in total. The molecule has 0 saturated carbocycles. The highest BCUT2D eigenvalue weighted by Gasteiger charge is 2.06. The van der Waals surface area contributed by atoms with Gasteiger partial charge in [-0.05, 0) is 47.7 Å². The Morgan fingerprint density at radius 3 is 2.63 bits per heavy atom. The number of aromatic nitrogens is 1. The molecule has 0 unspecified atom stereocenters. The van der Waals surface area contributed by atoms with Crippen LogP contribution in [-0.2, 0) is 5.88 Å². The Kier molecular flexibility index (Phi) is 4.43. The minimum atomic E-state index is 0.462. The molecule has 0 bridgehead atoms. The van der Waals surface area contributed by atoms with Gasteiger partial charge >= 0.3 is 0 Å². The Morgan fingerprint density at radius 1 is 1.21 bits per heavy atom. The van der Waals surface area contributed by atoms with E-state index in [1.54, 1.807) is 6.20 Å². The van der Waals surface area contributed by atoms with Gasteiger partial charge in [0.25, 0.3) is 0 Å². The number of rotatable bonds is 4. The molecule has 19 heavy (non-hydrogen) atoms. The Labute approximate surface area is 119 Å². The van der Waals surface area contributed by atoms with Crippen LogP contribution in [0.5, 0.6) is 11.6 Å². The van der Waals surface area contributed by atoms with Crippen LogP contribution in [0.25, 0.3) is 0 Å². The van der Waals surface area contributed by atoms with Gasteiger partial charge in [0.2, 0.25) is 5.88 Å². The second kappa shape index (κ2) is 6.07. The van der Waals surface area contributed by atoms with Gasteiger partial charge in [-0.25, -0.2) is 4.98 Å². The summed E-state index contributed by atoms with van der Waals surface area (Å²) < 4.78 is 5.77. The molecule has 0 radical (unpaired) electrons. The average Bonchev–Trinajstić information content (AvgIpc) is 2.38. The topological polar surface area (TPSA) is 22.1 Å². The summed E-state index contributed by atoms with van der Waals surface area (Å²) in [7, 11) is 0. The van der Waals surface area contributed by atoms with Crippen molar-refractivity contribution in [3.05, 3.63) is 53.2 Å². The van der Waals surface area contributed by atoms with Crippen LogP contribution in [-0.4, -0.2) is 4.98 Å². The molecule has 100 valence electrons. The first-order valence-corrected chi connectivity index (χ1v) is 6.93. The summed E-state index contributed by atoms with van der Waals surface area (Å²) in [6, 6.07) is 9.88. The number of hydrogen-bond donors (Lipinski definition) is 0. The average molecular weight is 276 g/mol. The lowest BCUT2D eigenvalue weighted by molar-refractivity contribution is 0.461. The molecular formula is C16H18ClNO. The highest BCUT2D eigenvalue weighted by atomic mass is 35.5. The quantitative estimate of drug-likeness (QED) is 0.729. The fraction of sp³-hybridized carbons (Fsp3) is 0.312. The van der Waals surface area contributed by atoms with Crippen LogP contribution in [0.2, 0.25) is 0 Å². The summed E-state index contributed by atoms with van der Waals surface area (Å²) in [6.07, 6.45) is 1.71. The molecule has 2 aromatic rings. The van der Waals surface area contributed by atoms with Gasteiger partial charge < -0.3 is 4.74 Å². The molecule has 0 atom stereocenters. The van der Waals surface area contributed by atoms with Crippen molar-refractivity contribution in [2.24, 2.45) is 0 Å². The number of benzene rings is 1.